The predicted molar refractivity (Wildman–Crippen MR) is 127 cm³/mol. The number of thiazole rings is 1. The van der Waals surface area contributed by atoms with E-state index in [0.29, 0.717) is 26.6 Å². The highest BCUT2D eigenvalue weighted by Crippen LogP contribution is 2.31. The normalized spacial score (nSPS) is 15.6. The first-order valence-corrected chi connectivity index (χ1v) is 11.3. The van der Waals surface area contributed by atoms with E-state index < -0.39 is 33.9 Å². The average molecular weight is 500 g/mol. The Kier molecular flexibility index (Phi) is 6.36. The van der Waals surface area contributed by atoms with E-state index in [4.69, 9.17) is 16.3 Å². The van der Waals surface area contributed by atoms with Crippen LogP contribution in [0.25, 0.3) is 6.08 Å². The Morgan fingerprint density at radius 1 is 1.32 bits per heavy atom. The quantitative estimate of drug-likeness (QED) is 0.327. The summed E-state index contributed by atoms with van der Waals surface area (Å²) in [5.41, 5.74) is 0.776. The van der Waals surface area contributed by atoms with E-state index in [-0.39, 0.29) is 16.7 Å². The third kappa shape index (κ3) is 4.25. The van der Waals surface area contributed by atoms with Crippen molar-refractivity contribution in [3.63, 3.8) is 0 Å². The van der Waals surface area contributed by atoms with Crippen molar-refractivity contribution in [2.45, 2.75) is 19.9 Å². The SMILES string of the molecule is CCOC(=O)C1=C(C)N=c2s/c(=C/c3ccc(O)c([N+](=O)[O-])c3)c(=O)n2C1c1ccc(Cl)cc1. The molecule has 1 unspecified atom stereocenters. The summed E-state index contributed by atoms with van der Waals surface area (Å²) in [6.45, 7) is 3.53. The van der Waals surface area contributed by atoms with Crippen molar-refractivity contribution in [1.82, 2.24) is 4.57 Å². The number of aromatic nitrogens is 1. The fourth-order valence-corrected chi connectivity index (χ4v) is 4.85. The molecule has 9 nitrogen and oxygen atoms in total. The van der Waals surface area contributed by atoms with Crippen LogP contribution in [0.2, 0.25) is 5.02 Å². The van der Waals surface area contributed by atoms with Crippen LogP contribution in [0.1, 0.15) is 31.0 Å². The summed E-state index contributed by atoms with van der Waals surface area (Å²) in [7, 11) is 0. The van der Waals surface area contributed by atoms with Crippen LogP contribution in [-0.4, -0.2) is 27.2 Å². The van der Waals surface area contributed by atoms with Gasteiger partial charge in [0.1, 0.15) is 0 Å². The molecule has 0 saturated heterocycles. The summed E-state index contributed by atoms with van der Waals surface area (Å²) in [4.78, 5) is 41.6. The smallest absolute Gasteiger partial charge is 0.338 e. The van der Waals surface area contributed by atoms with Gasteiger partial charge in [0, 0.05) is 11.1 Å². The van der Waals surface area contributed by atoms with Crippen molar-refractivity contribution < 1.29 is 19.6 Å². The number of phenolic OH excluding ortho intramolecular Hbond substituents is 1. The number of carbonyl (C=O) groups is 1. The predicted octanol–water partition coefficient (Wildman–Crippen LogP) is 3.07. The number of nitro benzene ring substituents is 1. The Hall–Kier alpha value is -3.76. The van der Waals surface area contributed by atoms with Gasteiger partial charge in [-0.2, -0.15) is 0 Å². The molecule has 0 radical (unpaired) electrons. The zero-order chi connectivity index (χ0) is 24.6. The van der Waals surface area contributed by atoms with Crippen molar-refractivity contribution in [2.75, 3.05) is 6.61 Å². The first kappa shape index (κ1) is 23.4. The van der Waals surface area contributed by atoms with Crippen molar-refractivity contribution in [3.8, 4) is 5.75 Å². The molecule has 1 N–H and O–H groups in total. The molecule has 0 aliphatic carbocycles. The fourth-order valence-electron chi connectivity index (χ4n) is 3.68. The number of fused-ring (bicyclic) bond motifs is 1. The van der Waals surface area contributed by atoms with E-state index in [9.17, 15) is 24.8 Å². The molecule has 4 rings (SSSR count). The number of phenols is 1. The van der Waals surface area contributed by atoms with E-state index in [1.54, 1.807) is 38.1 Å². The van der Waals surface area contributed by atoms with Crippen molar-refractivity contribution >= 4 is 40.7 Å². The number of nitrogens with zero attached hydrogens (tertiary/aromatic N) is 3. The third-order valence-electron chi connectivity index (χ3n) is 5.20. The Labute approximate surface area is 201 Å². The van der Waals surface area contributed by atoms with Crippen LogP contribution in [0.5, 0.6) is 5.75 Å². The highest BCUT2D eigenvalue weighted by Gasteiger charge is 2.33. The van der Waals surface area contributed by atoms with Crippen LogP contribution in [0, 0.1) is 10.1 Å². The van der Waals surface area contributed by atoms with Gasteiger partial charge in [0.2, 0.25) is 0 Å². The lowest BCUT2D eigenvalue weighted by Crippen LogP contribution is -2.39. The lowest BCUT2D eigenvalue weighted by atomic mass is 9.96. The van der Waals surface area contributed by atoms with Gasteiger partial charge in [-0.3, -0.25) is 19.5 Å². The molecule has 2 heterocycles. The molecule has 1 aliphatic rings. The number of benzene rings is 2. The zero-order valence-corrected chi connectivity index (χ0v) is 19.6. The molecular weight excluding hydrogens is 482 g/mol. The van der Waals surface area contributed by atoms with E-state index in [2.05, 4.69) is 4.99 Å². The second kappa shape index (κ2) is 9.24. The lowest BCUT2D eigenvalue weighted by Gasteiger charge is -2.24. The fraction of sp³-hybridized carbons (Fsp3) is 0.174. The summed E-state index contributed by atoms with van der Waals surface area (Å²) in [6, 6.07) is 9.84. The molecule has 34 heavy (non-hydrogen) atoms. The van der Waals surface area contributed by atoms with Crippen molar-refractivity contribution in [1.29, 1.82) is 0 Å². The largest absolute Gasteiger partial charge is 0.502 e. The number of allylic oxidation sites excluding steroid dienone is 1. The molecule has 0 bridgehead atoms. The van der Waals surface area contributed by atoms with Gasteiger partial charge in [-0.1, -0.05) is 41.1 Å². The molecule has 11 heteroatoms. The van der Waals surface area contributed by atoms with Crippen LogP contribution < -0.4 is 14.9 Å². The van der Waals surface area contributed by atoms with Crippen LogP contribution in [0.15, 0.2) is 63.5 Å². The number of nitro groups is 1. The van der Waals surface area contributed by atoms with E-state index in [0.717, 1.165) is 11.3 Å². The lowest BCUT2D eigenvalue weighted by molar-refractivity contribution is -0.385. The minimum absolute atomic E-state index is 0.160. The number of rotatable bonds is 5. The molecule has 3 aromatic rings. The van der Waals surface area contributed by atoms with Gasteiger partial charge < -0.3 is 9.84 Å². The maximum Gasteiger partial charge on any atom is 0.338 e. The topological polar surface area (TPSA) is 124 Å². The van der Waals surface area contributed by atoms with Gasteiger partial charge in [-0.05, 0) is 49.2 Å². The number of halogens is 1. The third-order valence-corrected chi connectivity index (χ3v) is 6.43. The number of aromatic hydroxyl groups is 1. The number of hydrogen-bond acceptors (Lipinski definition) is 8. The van der Waals surface area contributed by atoms with E-state index in [1.807, 2.05) is 0 Å². The van der Waals surface area contributed by atoms with Gasteiger partial charge in [-0.25, -0.2) is 9.79 Å². The maximum absolute atomic E-state index is 13.5. The number of esters is 1. The molecular formula is C23H18ClN3O6S. The second-order valence-electron chi connectivity index (χ2n) is 7.36. The molecule has 174 valence electrons. The van der Waals surface area contributed by atoms with Crippen molar-refractivity contribution in [2.24, 2.45) is 4.99 Å². The van der Waals surface area contributed by atoms with E-state index >= 15 is 0 Å². The highest BCUT2D eigenvalue weighted by atomic mass is 35.5. The van der Waals surface area contributed by atoms with Crippen LogP contribution in [0.3, 0.4) is 0 Å². The first-order valence-electron chi connectivity index (χ1n) is 10.1. The number of carbonyl (C=O) groups excluding carboxylic acids is 1. The maximum atomic E-state index is 13.5. The summed E-state index contributed by atoms with van der Waals surface area (Å²) in [5.74, 6) is -1.05. The van der Waals surface area contributed by atoms with Gasteiger partial charge in [-0.15, -0.1) is 0 Å². The molecule has 1 aliphatic heterocycles. The van der Waals surface area contributed by atoms with Crippen LogP contribution >= 0.6 is 22.9 Å². The molecule has 1 aromatic heterocycles. The Morgan fingerprint density at radius 3 is 2.68 bits per heavy atom. The highest BCUT2D eigenvalue weighted by molar-refractivity contribution is 7.07. The summed E-state index contributed by atoms with van der Waals surface area (Å²) in [6.07, 6.45) is 1.48. The standard InChI is InChI=1S/C23H18ClN3O6S/c1-3-33-22(30)19-12(2)25-23-26(20(19)14-5-7-15(24)8-6-14)21(29)18(34-23)11-13-4-9-17(28)16(10-13)27(31)32/h4-11,20,28H,3H2,1-2H3/b18-11+. The average Bonchev–Trinajstić information content (AvgIpc) is 3.09. The molecule has 0 spiro atoms. The monoisotopic (exact) mass is 499 g/mol. The zero-order valence-electron chi connectivity index (χ0n) is 18.0. The summed E-state index contributed by atoms with van der Waals surface area (Å²) < 4.78 is 6.91. The Balaban J connectivity index is 1.94. The van der Waals surface area contributed by atoms with Gasteiger partial charge >= 0.3 is 11.7 Å². The van der Waals surface area contributed by atoms with Crippen molar-refractivity contribution in [3.05, 3.63) is 99.7 Å². The number of hydrogen-bond donors (Lipinski definition) is 1. The minimum atomic E-state index is -0.788. The van der Waals surface area contributed by atoms with E-state index in [1.165, 1.54) is 28.8 Å². The van der Waals surface area contributed by atoms with Crippen LogP contribution in [-0.2, 0) is 9.53 Å². The molecule has 0 saturated carbocycles. The molecule has 0 fully saturated rings. The van der Waals surface area contributed by atoms with Gasteiger partial charge in [0.25, 0.3) is 5.56 Å². The first-order chi connectivity index (χ1) is 16.2. The summed E-state index contributed by atoms with van der Waals surface area (Å²) >= 11 is 7.13. The second-order valence-corrected chi connectivity index (χ2v) is 8.80. The Bertz CT molecular complexity index is 1520. The number of ether oxygens (including phenoxy) is 1. The minimum Gasteiger partial charge on any atom is -0.502 e. The van der Waals surface area contributed by atoms with Crippen LogP contribution in [0.4, 0.5) is 5.69 Å². The Morgan fingerprint density at radius 2 is 2.03 bits per heavy atom. The van der Waals surface area contributed by atoms with Gasteiger partial charge in [0.15, 0.2) is 10.6 Å². The summed E-state index contributed by atoms with van der Waals surface area (Å²) in [5, 5.41) is 21.4. The molecule has 2 aromatic carbocycles. The molecule has 1 atom stereocenters. The molecule has 0 amide bonds. The van der Waals surface area contributed by atoms with Gasteiger partial charge in [0.05, 0.1) is 33.4 Å².